The maximum atomic E-state index is 6.00. The Morgan fingerprint density at radius 1 is 1.25 bits per heavy atom. The van der Waals surface area contributed by atoms with Gasteiger partial charge in [-0.2, -0.15) is 10.2 Å². The smallest absolute Gasteiger partial charge is 0.175 e. The molecule has 0 fully saturated rings. The Morgan fingerprint density at radius 3 is 2.79 bits per heavy atom. The highest BCUT2D eigenvalue weighted by Gasteiger charge is 2.07. The van der Waals surface area contributed by atoms with Gasteiger partial charge in [-0.25, -0.2) is 0 Å². The molecule has 1 aromatic carbocycles. The van der Waals surface area contributed by atoms with Crippen molar-refractivity contribution in [3.8, 4) is 0 Å². The van der Waals surface area contributed by atoms with Gasteiger partial charge in [0.05, 0.1) is 36.0 Å². The fourth-order valence-electron chi connectivity index (χ4n) is 2.24. The number of aryl methyl sites for hydroxylation is 1. The van der Waals surface area contributed by atoms with Gasteiger partial charge >= 0.3 is 0 Å². The van der Waals surface area contributed by atoms with Crippen molar-refractivity contribution < 1.29 is 0 Å². The number of nitrogens with zero attached hydrogens (tertiary/aromatic N) is 4. The Bertz CT molecular complexity index is 869. The van der Waals surface area contributed by atoms with Crippen LogP contribution in [0.5, 0.6) is 0 Å². The van der Waals surface area contributed by atoms with E-state index in [1.165, 1.54) is 0 Å². The maximum Gasteiger partial charge on any atom is 0.175 e. The Hall–Kier alpha value is -2.38. The maximum absolute atomic E-state index is 6.00. The van der Waals surface area contributed by atoms with Crippen molar-refractivity contribution in [3.05, 3.63) is 59.1 Å². The van der Waals surface area contributed by atoms with E-state index in [9.17, 15) is 0 Å². The standard InChI is InChI=1S/C16H17ClN6S/c1-11-15(8-18-22(11)2)21-16(24)20-14-7-19-23(10-14)9-12-4-3-5-13(17)6-12/h3-8,10H,9H2,1-2H3,(H2,20,21,24). The molecule has 8 heteroatoms. The predicted octanol–water partition coefficient (Wildman–Crippen LogP) is 3.44. The van der Waals surface area contributed by atoms with Crippen molar-refractivity contribution in [2.75, 3.05) is 10.6 Å². The van der Waals surface area contributed by atoms with Crippen LogP contribution in [-0.2, 0) is 13.6 Å². The number of aromatic nitrogens is 4. The molecule has 6 nitrogen and oxygen atoms in total. The van der Waals surface area contributed by atoms with Gasteiger partial charge in [-0.15, -0.1) is 0 Å². The number of thiocarbonyl (C=S) groups is 1. The van der Waals surface area contributed by atoms with Gasteiger partial charge in [0.1, 0.15) is 0 Å². The van der Waals surface area contributed by atoms with Crippen LogP contribution in [-0.4, -0.2) is 24.7 Å². The van der Waals surface area contributed by atoms with Crippen molar-refractivity contribution in [1.29, 1.82) is 0 Å². The third kappa shape index (κ3) is 3.93. The van der Waals surface area contributed by atoms with Crippen molar-refractivity contribution in [1.82, 2.24) is 19.6 Å². The number of benzene rings is 1. The summed E-state index contributed by atoms with van der Waals surface area (Å²) in [6.07, 6.45) is 5.37. The fraction of sp³-hybridized carbons (Fsp3) is 0.188. The summed E-state index contributed by atoms with van der Waals surface area (Å²) in [6.45, 7) is 2.62. The summed E-state index contributed by atoms with van der Waals surface area (Å²) >= 11 is 11.3. The minimum absolute atomic E-state index is 0.494. The molecular formula is C16H17ClN6S. The van der Waals surface area contributed by atoms with E-state index in [0.29, 0.717) is 11.7 Å². The van der Waals surface area contributed by atoms with E-state index in [1.807, 2.05) is 49.1 Å². The van der Waals surface area contributed by atoms with E-state index in [0.717, 1.165) is 27.7 Å². The van der Waals surface area contributed by atoms with Gasteiger partial charge < -0.3 is 10.6 Å². The normalized spacial score (nSPS) is 10.6. The third-order valence-electron chi connectivity index (χ3n) is 3.61. The van der Waals surface area contributed by atoms with Gasteiger partial charge in [-0.05, 0) is 36.8 Å². The molecule has 0 unspecified atom stereocenters. The largest absolute Gasteiger partial charge is 0.330 e. The average molecular weight is 361 g/mol. The lowest BCUT2D eigenvalue weighted by molar-refractivity contribution is 0.687. The fourth-order valence-corrected chi connectivity index (χ4v) is 2.68. The van der Waals surface area contributed by atoms with Gasteiger partial charge in [0, 0.05) is 18.3 Å². The molecule has 0 saturated carbocycles. The van der Waals surface area contributed by atoms with Gasteiger partial charge in [0.15, 0.2) is 5.11 Å². The van der Waals surface area contributed by atoms with Crippen LogP contribution < -0.4 is 10.6 Å². The molecule has 2 N–H and O–H groups in total. The Kier molecular flexibility index (Phi) is 4.82. The van der Waals surface area contributed by atoms with Crippen LogP contribution in [0.4, 0.5) is 11.4 Å². The molecule has 24 heavy (non-hydrogen) atoms. The number of hydrogen-bond acceptors (Lipinski definition) is 3. The highest BCUT2D eigenvalue weighted by molar-refractivity contribution is 7.80. The summed E-state index contributed by atoms with van der Waals surface area (Å²) < 4.78 is 3.61. The van der Waals surface area contributed by atoms with Crippen LogP contribution in [0, 0.1) is 6.92 Å². The summed E-state index contributed by atoms with van der Waals surface area (Å²) in [5.41, 5.74) is 3.79. The van der Waals surface area contributed by atoms with Crippen LogP contribution in [0.2, 0.25) is 5.02 Å². The lowest BCUT2D eigenvalue weighted by Gasteiger charge is -2.08. The first-order valence-electron chi connectivity index (χ1n) is 7.35. The van der Waals surface area contributed by atoms with Crippen LogP contribution in [0.15, 0.2) is 42.9 Å². The monoisotopic (exact) mass is 360 g/mol. The summed E-state index contributed by atoms with van der Waals surface area (Å²) in [4.78, 5) is 0. The molecule has 0 bridgehead atoms. The summed E-state index contributed by atoms with van der Waals surface area (Å²) in [5, 5.41) is 16.0. The Morgan fingerprint density at radius 2 is 2.08 bits per heavy atom. The molecule has 0 amide bonds. The number of nitrogens with one attached hydrogen (secondary N) is 2. The summed E-state index contributed by atoms with van der Waals surface area (Å²) in [7, 11) is 1.89. The van der Waals surface area contributed by atoms with Crippen LogP contribution in [0.3, 0.4) is 0 Å². The second-order valence-corrected chi connectivity index (χ2v) is 6.25. The van der Waals surface area contributed by atoms with E-state index < -0.39 is 0 Å². The molecule has 0 atom stereocenters. The number of hydrogen-bond donors (Lipinski definition) is 2. The van der Waals surface area contributed by atoms with Gasteiger partial charge in [0.25, 0.3) is 0 Å². The molecule has 0 aliphatic carbocycles. The van der Waals surface area contributed by atoms with Gasteiger partial charge in [0.2, 0.25) is 0 Å². The van der Waals surface area contributed by atoms with Crippen molar-refractivity contribution in [3.63, 3.8) is 0 Å². The molecule has 0 radical (unpaired) electrons. The van der Waals surface area contributed by atoms with Gasteiger partial charge in [-0.3, -0.25) is 9.36 Å². The lowest BCUT2D eigenvalue weighted by Crippen LogP contribution is -2.19. The van der Waals surface area contributed by atoms with Gasteiger partial charge in [-0.1, -0.05) is 23.7 Å². The molecule has 0 spiro atoms. The first kappa shape index (κ1) is 16.5. The van der Waals surface area contributed by atoms with E-state index in [2.05, 4.69) is 20.8 Å². The molecule has 0 saturated heterocycles. The zero-order valence-corrected chi connectivity index (χ0v) is 14.9. The predicted molar refractivity (Wildman–Crippen MR) is 101 cm³/mol. The molecule has 124 valence electrons. The van der Waals surface area contributed by atoms with Crippen molar-refractivity contribution in [2.24, 2.45) is 7.05 Å². The lowest BCUT2D eigenvalue weighted by atomic mass is 10.2. The first-order valence-corrected chi connectivity index (χ1v) is 8.13. The Labute approximate surface area is 150 Å². The third-order valence-corrected chi connectivity index (χ3v) is 4.05. The van der Waals surface area contributed by atoms with Crippen LogP contribution in [0.1, 0.15) is 11.3 Å². The van der Waals surface area contributed by atoms with Crippen LogP contribution >= 0.6 is 23.8 Å². The topological polar surface area (TPSA) is 59.7 Å². The van der Waals surface area contributed by atoms with E-state index in [-0.39, 0.29) is 0 Å². The second-order valence-electron chi connectivity index (χ2n) is 5.40. The molecule has 3 rings (SSSR count). The van der Waals surface area contributed by atoms with E-state index >= 15 is 0 Å². The first-order chi connectivity index (χ1) is 11.5. The zero-order valence-electron chi connectivity index (χ0n) is 13.3. The zero-order chi connectivity index (χ0) is 17.1. The average Bonchev–Trinajstić information content (AvgIpc) is 3.09. The molecule has 2 heterocycles. The number of halogens is 1. The molecular weight excluding hydrogens is 344 g/mol. The summed E-state index contributed by atoms with van der Waals surface area (Å²) in [5.74, 6) is 0. The molecule has 2 aromatic heterocycles. The van der Waals surface area contributed by atoms with Crippen molar-refractivity contribution >= 4 is 40.3 Å². The molecule has 3 aromatic rings. The molecule has 0 aliphatic heterocycles. The van der Waals surface area contributed by atoms with Crippen LogP contribution in [0.25, 0.3) is 0 Å². The number of rotatable bonds is 4. The number of anilines is 2. The molecule has 0 aliphatic rings. The minimum atomic E-state index is 0.494. The van der Waals surface area contributed by atoms with E-state index in [4.69, 9.17) is 23.8 Å². The highest BCUT2D eigenvalue weighted by atomic mass is 35.5. The summed E-state index contributed by atoms with van der Waals surface area (Å²) in [6, 6.07) is 7.72. The second kappa shape index (κ2) is 7.02. The SMILES string of the molecule is Cc1c(NC(=S)Nc2cnn(Cc3cccc(Cl)c3)c2)cnn1C. The highest BCUT2D eigenvalue weighted by Crippen LogP contribution is 2.15. The quantitative estimate of drug-likeness (QED) is 0.698. The Balaban J connectivity index is 1.61. The minimum Gasteiger partial charge on any atom is -0.330 e. The van der Waals surface area contributed by atoms with E-state index in [1.54, 1.807) is 17.1 Å². The van der Waals surface area contributed by atoms with Crippen molar-refractivity contribution in [2.45, 2.75) is 13.5 Å².